The average Bonchev–Trinajstić information content (AvgIpc) is 2.37. The number of unbranched alkanes of at least 4 members (excludes halogenated alkanes) is 5. The fraction of sp³-hybridized carbons (Fsp3) is 0.750. The summed E-state index contributed by atoms with van der Waals surface area (Å²) in [5.41, 5.74) is 9.12. The largest absolute Gasteiger partial charge is 0.303 e. The molecule has 2 nitrogen and oxygen atoms in total. The molecule has 0 saturated carbocycles. The molecule has 0 aliphatic carbocycles. The smallest absolute Gasteiger partial charge is 0.0348 e. The van der Waals surface area contributed by atoms with Gasteiger partial charge < -0.3 is 5.43 Å². The molecule has 0 atom stereocenters. The summed E-state index contributed by atoms with van der Waals surface area (Å²) in [6.45, 7) is 8.91. The lowest BCUT2D eigenvalue weighted by atomic mass is 9.99. The van der Waals surface area contributed by atoms with Crippen LogP contribution in [0.5, 0.6) is 0 Å². The second kappa shape index (κ2) is 7.50. The lowest BCUT2D eigenvalue weighted by Gasteiger charge is -2.32. The van der Waals surface area contributed by atoms with Crippen LogP contribution in [0.25, 0.3) is 0 Å². The number of hydrogen-bond acceptors (Lipinski definition) is 2. The van der Waals surface area contributed by atoms with Gasteiger partial charge in [0.15, 0.2) is 0 Å². The molecular formula is C16H30N2. The van der Waals surface area contributed by atoms with E-state index in [1.54, 1.807) is 0 Å². The molecule has 1 aliphatic rings. The molecule has 0 radical (unpaired) electrons. The summed E-state index contributed by atoms with van der Waals surface area (Å²) in [4.78, 5) is 0. The van der Waals surface area contributed by atoms with Crippen molar-refractivity contribution in [2.45, 2.75) is 72.6 Å². The number of rotatable bonds is 7. The van der Waals surface area contributed by atoms with Gasteiger partial charge in [0, 0.05) is 18.4 Å². The van der Waals surface area contributed by atoms with E-state index in [9.17, 15) is 0 Å². The quantitative estimate of drug-likeness (QED) is 0.656. The van der Waals surface area contributed by atoms with Gasteiger partial charge in [-0.15, -0.1) is 0 Å². The first-order valence-electron chi connectivity index (χ1n) is 7.46. The Morgan fingerprint density at radius 2 is 1.50 bits per heavy atom. The molecule has 0 aromatic heterocycles. The van der Waals surface area contributed by atoms with E-state index in [2.05, 4.69) is 45.2 Å². The first-order valence-corrected chi connectivity index (χ1v) is 7.46. The number of allylic oxidation sites excluding steroid dienone is 4. The highest BCUT2D eigenvalue weighted by atomic mass is 15.5. The van der Waals surface area contributed by atoms with E-state index in [4.69, 9.17) is 0 Å². The minimum atomic E-state index is 1.19. The number of hydrogen-bond donors (Lipinski definition) is 1. The van der Waals surface area contributed by atoms with Gasteiger partial charge in [0.1, 0.15) is 0 Å². The molecule has 0 aromatic carbocycles. The lowest BCUT2D eigenvalue weighted by Crippen LogP contribution is -2.36. The van der Waals surface area contributed by atoms with Crippen molar-refractivity contribution in [1.29, 1.82) is 0 Å². The molecule has 0 spiro atoms. The number of nitrogens with zero attached hydrogens (tertiary/aromatic N) is 1. The maximum absolute atomic E-state index is 3.50. The summed E-state index contributed by atoms with van der Waals surface area (Å²) < 4.78 is 0. The third-order valence-electron chi connectivity index (χ3n) is 4.14. The second-order valence-corrected chi connectivity index (χ2v) is 5.50. The molecule has 0 bridgehead atoms. The van der Waals surface area contributed by atoms with Crippen LogP contribution in [0.4, 0.5) is 0 Å². The van der Waals surface area contributed by atoms with E-state index in [-0.39, 0.29) is 0 Å². The van der Waals surface area contributed by atoms with Gasteiger partial charge in [-0.25, -0.2) is 0 Å². The van der Waals surface area contributed by atoms with Gasteiger partial charge in [0.25, 0.3) is 0 Å². The van der Waals surface area contributed by atoms with Gasteiger partial charge >= 0.3 is 0 Å². The van der Waals surface area contributed by atoms with Crippen LogP contribution in [0.1, 0.15) is 72.6 Å². The minimum absolute atomic E-state index is 1.19. The molecular weight excluding hydrogens is 220 g/mol. The summed E-state index contributed by atoms with van der Waals surface area (Å²) in [5.74, 6) is 0. The molecule has 0 saturated heterocycles. The van der Waals surface area contributed by atoms with Crippen LogP contribution >= 0.6 is 0 Å². The molecule has 0 unspecified atom stereocenters. The van der Waals surface area contributed by atoms with Gasteiger partial charge in [-0.3, -0.25) is 5.01 Å². The molecule has 2 heteroatoms. The maximum Gasteiger partial charge on any atom is 0.0348 e. The minimum Gasteiger partial charge on any atom is -0.303 e. The number of nitrogens with one attached hydrogen (secondary N) is 1. The topological polar surface area (TPSA) is 15.3 Å². The third-order valence-corrected chi connectivity index (χ3v) is 4.14. The van der Waals surface area contributed by atoms with Crippen LogP contribution < -0.4 is 5.43 Å². The summed E-state index contributed by atoms with van der Waals surface area (Å²) in [6, 6.07) is 0. The molecule has 1 rings (SSSR count). The summed E-state index contributed by atoms with van der Waals surface area (Å²) in [5, 5.41) is 2.15. The normalized spacial score (nSPS) is 16.4. The van der Waals surface area contributed by atoms with E-state index in [0.717, 1.165) is 0 Å². The van der Waals surface area contributed by atoms with Crippen molar-refractivity contribution in [1.82, 2.24) is 10.4 Å². The Bertz CT molecular complexity index is 326. The predicted octanol–water partition coefficient (Wildman–Crippen LogP) is 4.75. The standard InChI is InChI=1S/C16H30N2/c1-6-7-8-9-10-11-12-16-14(3)13(2)15(4)18(5)17-16/h17H,6-12H2,1-5H3. The van der Waals surface area contributed by atoms with Crippen LogP contribution in [0.3, 0.4) is 0 Å². The Morgan fingerprint density at radius 3 is 2.17 bits per heavy atom. The SMILES string of the molecule is CCCCCCCCC1=C(C)C(C)=C(C)N(C)N1. The molecule has 1 heterocycles. The van der Waals surface area contributed by atoms with E-state index >= 15 is 0 Å². The summed E-state index contributed by atoms with van der Waals surface area (Å²) >= 11 is 0. The van der Waals surface area contributed by atoms with Crippen LogP contribution in [0.2, 0.25) is 0 Å². The van der Waals surface area contributed by atoms with Crippen molar-refractivity contribution in [3.05, 3.63) is 22.5 Å². The van der Waals surface area contributed by atoms with Crippen LogP contribution in [-0.2, 0) is 0 Å². The van der Waals surface area contributed by atoms with Crippen LogP contribution in [0.15, 0.2) is 22.5 Å². The molecule has 0 amide bonds. The van der Waals surface area contributed by atoms with Crippen LogP contribution in [-0.4, -0.2) is 12.1 Å². The van der Waals surface area contributed by atoms with Crippen molar-refractivity contribution < 1.29 is 0 Å². The van der Waals surface area contributed by atoms with Crippen molar-refractivity contribution in [3.63, 3.8) is 0 Å². The zero-order valence-corrected chi connectivity index (χ0v) is 12.9. The molecule has 0 aromatic rings. The predicted molar refractivity (Wildman–Crippen MR) is 80.0 cm³/mol. The Morgan fingerprint density at radius 1 is 0.889 bits per heavy atom. The monoisotopic (exact) mass is 250 g/mol. The summed E-state index contributed by atoms with van der Waals surface area (Å²) in [6.07, 6.45) is 9.38. The Labute approximate surface area is 113 Å². The fourth-order valence-corrected chi connectivity index (χ4v) is 2.44. The number of hydrazine groups is 1. The molecule has 104 valence electrons. The van der Waals surface area contributed by atoms with E-state index in [0.29, 0.717) is 0 Å². The second-order valence-electron chi connectivity index (χ2n) is 5.50. The van der Waals surface area contributed by atoms with Gasteiger partial charge in [0.2, 0.25) is 0 Å². The molecule has 1 N–H and O–H groups in total. The van der Waals surface area contributed by atoms with Crippen molar-refractivity contribution in [3.8, 4) is 0 Å². The average molecular weight is 250 g/mol. The van der Waals surface area contributed by atoms with Crippen molar-refractivity contribution in [2.75, 3.05) is 7.05 Å². The van der Waals surface area contributed by atoms with Crippen molar-refractivity contribution >= 4 is 0 Å². The van der Waals surface area contributed by atoms with Gasteiger partial charge in [-0.1, -0.05) is 39.0 Å². The van der Waals surface area contributed by atoms with Crippen LogP contribution in [0, 0.1) is 0 Å². The highest BCUT2D eigenvalue weighted by molar-refractivity contribution is 5.37. The molecule has 0 fully saturated rings. The summed E-state index contributed by atoms with van der Waals surface area (Å²) in [7, 11) is 2.10. The van der Waals surface area contributed by atoms with Gasteiger partial charge in [0.05, 0.1) is 0 Å². The lowest BCUT2D eigenvalue weighted by molar-refractivity contribution is 0.316. The fourth-order valence-electron chi connectivity index (χ4n) is 2.44. The first kappa shape index (κ1) is 15.1. The molecule has 1 aliphatic heterocycles. The van der Waals surface area contributed by atoms with E-state index < -0.39 is 0 Å². The van der Waals surface area contributed by atoms with E-state index in [1.807, 2.05) is 0 Å². The highest BCUT2D eigenvalue weighted by Crippen LogP contribution is 2.25. The Kier molecular flexibility index (Phi) is 6.31. The van der Waals surface area contributed by atoms with Crippen molar-refractivity contribution in [2.24, 2.45) is 0 Å². The Hall–Kier alpha value is -0.920. The maximum atomic E-state index is 3.50. The zero-order valence-electron chi connectivity index (χ0n) is 12.9. The molecule has 18 heavy (non-hydrogen) atoms. The van der Waals surface area contributed by atoms with Gasteiger partial charge in [-0.05, 0) is 44.8 Å². The van der Waals surface area contributed by atoms with E-state index in [1.165, 1.54) is 67.5 Å². The van der Waals surface area contributed by atoms with Gasteiger partial charge in [-0.2, -0.15) is 0 Å². The first-order chi connectivity index (χ1) is 8.57. The Balaban J connectivity index is 2.38. The zero-order chi connectivity index (χ0) is 13.5. The highest BCUT2D eigenvalue weighted by Gasteiger charge is 2.15. The third kappa shape index (κ3) is 4.08.